The van der Waals surface area contributed by atoms with Crippen molar-refractivity contribution >= 4 is 11.9 Å². The highest BCUT2D eigenvalue weighted by Crippen LogP contribution is 2.19. The molecule has 0 fully saturated rings. The number of ether oxygens (including phenoxy) is 2. The standard InChI is InChI=1S/C14H18O4/c1-17-13(15)11-9-7-5-3-4-6-8-10-12(11)14(16)18-2/h5-8H,3-4,9-10H2,1-2H3/b7-5-,8-6-,12-11-. The summed E-state index contributed by atoms with van der Waals surface area (Å²) in [6, 6.07) is 0. The van der Waals surface area contributed by atoms with Crippen LogP contribution in [0.4, 0.5) is 0 Å². The fourth-order valence-electron chi connectivity index (χ4n) is 1.74. The van der Waals surface area contributed by atoms with Crippen LogP contribution in [0, 0.1) is 0 Å². The van der Waals surface area contributed by atoms with Crippen molar-refractivity contribution in [3.05, 3.63) is 35.5 Å². The summed E-state index contributed by atoms with van der Waals surface area (Å²) in [4.78, 5) is 23.4. The first-order chi connectivity index (χ1) is 8.70. The molecule has 0 aromatic rings. The number of hydrogen-bond donors (Lipinski definition) is 0. The number of methoxy groups -OCH3 is 2. The molecule has 0 N–H and O–H groups in total. The molecule has 4 heteroatoms. The Morgan fingerprint density at radius 1 is 0.833 bits per heavy atom. The molecular formula is C14H18O4. The molecule has 1 aliphatic rings. The number of allylic oxidation sites excluding steroid dienone is 4. The predicted molar refractivity (Wildman–Crippen MR) is 67.8 cm³/mol. The van der Waals surface area contributed by atoms with Crippen LogP contribution in [0.1, 0.15) is 25.7 Å². The van der Waals surface area contributed by atoms with Gasteiger partial charge in [0.05, 0.1) is 25.4 Å². The summed E-state index contributed by atoms with van der Waals surface area (Å²) in [5.41, 5.74) is 0.735. The first kappa shape index (κ1) is 14.2. The molecule has 0 saturated heterocycles. The summed E-state index contributed by atoms with van der Waals surface area (Å²) in [6.07, 6.45) is 10.4. The predicted octanol–water partition coefficient (Wildman–Crippen LogP) is 2.32. The Hall–Kier alpha value is -1.84. The Labute approximate surface area is 107 Å². The molecule has 0 atom stereocenters. The van der Waals surface area contributed by atoms with Crippen LogP contribution in [0.25, 0.3) is 0 Å². The van der Waals surface area contributed by atoms with Crippen LogP contribution < -0.4 is 0 Å². The van der Waals surface area contributed by atoms with Crippen molar-refractivity contribution in [2.24, 2.45) is 0 Å². The maximum atomic E-state index is 11.7. The lowest BCUT2D eigenvalue weighted by Gasteiger charge is -2.10. The van der Waals surface area contributed by atoms with Crippen LogP contribution >= 0.6 is 0 Å². The first-order valence-electron chi connectivity index (χ1n) is 5.89. The molecule has 4 nitrogen and oxygen atoms in total. The molecule has 1 rings (SSSR count). The molecule has 0 heterocycles. The van der Waals surface area contributed by atoms with Crippen LogP contribution in [0.3, 0.4) is 0 Å². The molecule has 0 aromatic heterocycles. The molecule has 0 saturated carbocycles. The third-order valence-corrected chi connectivity index (χ3v) is 2.71. The van der Waals surface area contributed by atoms with E-state index in [1.807, 2.05) is 24.3 Å². The van der Waals surface area contributed by atoms with E-state index in [0.717, 1.165) is 12.8 Å². The van der Waals surface area contributed by atoms with E-state index in [2.05, 4.69) is 0 Å². The Morgan fingerprint density at radius 2 is 1.22 bits per heavy atom. The second-order valence-electron chi connectivity index (χ2n) is 3.87. The first-order valence-corrected chi connectivity index (χ1v) is 5.89. The van der Waals surface area contributed by atoms with Gasteiger partial charge in [-0.2, -0.15) is 0 Å². The van der Waals surface area contributed by atoms with E-state index in [0.29, 0.717) is 24.0 Å². The molecule has 0 bridgehead atoms. The number of rotatable bonds is 2. The normalized spacial score (nSPS) is 23.9. The molecular weight excluding hydrogens is 232 g/mol. The molecule has 0 amide bonds. The molecule has 0 aliphatic heterocycles. The summed E-state index contributed by atoms with van der Waals surface area (Å²) < 4.78 is 9.44. The van der Waals surface area contributed by atoms with Crippen LogP contribution in [0.15, 0.2) is 35.5 Å². The van der Waals surface area contributed by atoms with E-state index in [4.69, 9.17) is 9.47 Å². The Bertz CT molecular complexity index is 364. The van der Waals surface area contributed by atoms with Gasteiger partial charge >= 0.3 is 11.9 Å². The van der Waals surface area contributed by atoms with Crippen molar-refractivity contribution in [1.82, 2.24) is 0 Å². The van der Waals surface area contributed by atoms with Crippen molar-refractivity contribution < 1.29 is 19.1 Å². The zero-order valence-electron chi connectivity index (χ0n) is 10.8. The lowest BCUT2D eigenvalue weighted by molar-refractivity contribution is -0.139. The summed E-state index contributed by atoms with van der Waals surface area (Å²) in [5, 5.41) is 0. The zero-order chi connectivity index (χ0) is 13.4. The largest absolute Gasteiger partial charge is 0.466 e. The van der Waals surface area contributed by atoms with E-state index in [1.54, 1.807) is 0 Å². The van der Waals surface area contributed by atoms with E-state index >= 15 is 0 Å². The highest BCUT2D eigenvalue weighted by molar-refractivity contribution is 6.00. The van der Waals surface area contributed by atoms with Gasteiger partial charge in [-0.05, 0) is 25.7 Å². The van der Waals surface area contributed by atoms with Crippen molar-refractivity contribution in [2.75, 3.05) is 14.2 Å². The van der Waals surface area contributed by atoms with Gasteiger partial charge in [-0.15, -0.1) is 0 Å². The SMILES string of the molecule is COC(=O)/C1=C(\C(=O)OC)C/C=C\CC/C=C\C1. The van der Waals surface area contributed by atoms with Crippen LogP contribution in [0.5, 0.6) is 0 Å². The van der Waals surface area contributed by atoms with Crippen LogP contribution in [0.2, 0.25) is 0 Å². The molecule has 18 heavy (non-hydrogen) atoms. The lowest BCUT2D eigenvalue weighted by atomic mass is 10.00. The number of hydrogen-bond acceptors (Lipinski definition) is 4. The minimum atomic E-state index is -0.478. The number of carbonyl (C=O) groups excluding carboxylic acids is 2. The fraction of sp³-hybridized carbons (Fsp3) is 0.429. The fourth-order valence-corrected chi connectivity index (χ4v) is 1.74. The molecule has 0 radical (unpaired) electrons. The van der Waals surface area contributed by atoms with Gasteiger partial charge in [0.2, 0.25) is 0 Å². The smallest absolute Gasteiger partial charge is 0.334 e. The molecule has 1 aliphatic carbocycles. The minimum Gasteiger partial charge on any atom is -0.466 e. The molecule has 98 valence electrons. The topological polar surface area (TPSA) is 52.6 Å². The maximum Gasteiger partial charge on any atom is 0.334 e. The van der Waals surface area contributed by atoms with Crippen molar-refractivity contribution in [1.29, 1.82) is 0 Å². The monoisotopic (exact) mass is 250 g/mol. The highest BCUT2D eigenvalue weighted by atomic mass is 16.5. The van der Waals surface area contributed by atoms with Gasteiger partial charge in [-0.3, -0.25) is 0 Å². The second kappa shape index (κ2) is 7.48. The molecule has 0 unspecified atom stereocenters. The van der Waals surface area contributed by atoms with Gasteiger partial charge in [0.15, 0.2) is 0 Å². The van der Waals surface area contributed by atoms with Crippen LogP contribution in [-0.4, -0.2) is 26.2 Å². The Kier molecular flexibility index (Phi) is 5.91. The van der Waals surface area contributed by atoms with E-state index in [9.17, 15) is 9.59 Å². The Morgan fingerprint density at radius 3 is 1.56 bits per heavy atom. The van der Waals surface area contributed by atoms with Gasteiger partial charge in [-0.1, -0.05) is 24.3 Å². The summed E-state index contributed by atoms with van der Waals surface area (Å²) in [7, 11) is 2.62. The van der Waals surface area contributed by atoms with Crippen molar-refractivity contribution in [2.45, 2.75) is 25.7 Å². The Balaban J connectivity index is 3.15. The van der Waals surface area contributed by atoms with Gasteiger partial charge in [0, 0.05) is 0 Å². The van der Waals surface area contributed by atoms with E-state index in [-0.39, 0.29) is 0 Å². The van der Waals surface area contributed by atoms with Gasteiger partial charge in [0.1, 0.15) is 0 Å². The summed E-state index contributed by atoms with van der Waals surface area (Å²) in [6.45, 7) is 0. The summed E-state index contributed by atoms with van der Waals surface area (Å²) >= 11 is 0. The highest BCUT2D eigenvalue weighted by Gasteiger charge is 2.20. The third-order valence-electron chi connectivity index (χ3n) is 2.71. The minimum absolute atomic E-state index is 0.368. The summed E-state index contributed by atoms with van der Waals surface area (Å²) in [5.74, 6) is -0.956. The lowest BCUT2D eigenvalue weighted by Crippen LogP contribution is -2.14. The average Bonchev–Trinajstić information content (AvgIpc) is 2.42. The zero-order valence-corrected chi connectivity index (χ0v) is 10.8. The van der Waals surface area contributed by atoms with E-state index in [1.165, 1.54) is 14.2 Å². The second-order valence-corrected chi connectivity index (χ2v) is 3.87. The third kappa shape index (κ3) is 3.87. The van der Waals surface area contributed by atoms with Gasteiger partial charge in [-0.25, -0.2) is 9.59 Å². The average molecular weight is 250 g/mol. The quantitative estimate of drug-likeness (QED) is 0.557. The molecule has 0 spiro atoms. The van der Waals surface area contributed by atoms with Gasteiger partial charge in [0.25, 0.3) is 0 Å². The maximum absolute atomic E-state index is 11.7. The number of esters is 2. The van der Waals surface area contributed by atoms with Crippen LogP contribution in [-0.2, 0) is 19.1 Å². The van der Waals surface area contributed by atoms with Crippen molar-refractivity contribution in [3.8, 4) is 0 Å². The van der Waals surface area contributed by atoms with Gasteiger partial charge < -0.3 is 9.47 Å². The number of carbonyl (C=O) groups is 2. The molecule has 0 aromatic carbocycles. The van der Waals surface area contributed by atoms with E-state index < -0.39 is 11.9 Å². The van der Waals surface area contributed by atoms with Crippen molar-refractivity contribution in [3.63, 3.8) is 0 Å².